The standard InChI is InChI=1S/C24H20F2N4O/c25-18-4-1-3-16(11-18)15-30-21-7-5-19(26)12-17(21)13-22(30)24(31)28-20-6-8-23(27-14-20)29-9-2-10-29/h1,3-8,11-14H,2,9-10,15H2,(H,28,31). The summed E-state index contributed by atoms with van der Waals surface area (Å²) in [6.45, 7) is 2.27. The van der Waals surface area contributed by atoms with E-state index in [-0.39, 0.29) is 24.1 Å². The molecule has 156 valence electrons. The molecule has 1 fully saturated rings. The maximum Gasteiger partial charge on any atom is 0.272 e. The van der Waals surface area contributed by atoms with Gasteiger partial charge < -0.3 is 14.8 Å². The van der Waals surface area contributed by atoms with Gasteiger partial charge in [-0.1, -0.05) is 12.1 Å². The second-order valence-corrected chi connectivity index (χ2v) is 7.65. The largest absolute Gasteiger partial charge is 0.356 e. The Labute approximate surface area is 177 Å². The number of carbonyl (C=O) groups excluding carboxylic acids is 1. The number of aromatic nitrogens is 2. The van der Waals surface area contributed by atoms with E-state index in [1.165, 1.54) is 24.3 Å². The molecule has 0 radical (unpaired) electrons. The number of hydrogen-bond donors (Lipinski definition) is 1. The van der Waals surface area contributed by atoms with Crippen LogP contribution in [0.15, 0.2) is 66.9 Å². The van der Waals surface area contributed by atoms with Gasteiger partial charge in [-0.05, 0) is 60.5 Å². The maximum absolute atomic E-state index is 13.8. The summed E-state index contributed by atoms with van der Waals surface area (Å²) in [7, 11) is 0. The normalized spacial score (nSPS) is 13.3. The van der Waals surface area contributed by atoms with Crippen molar-refractivity contribution in [1.29, 1.82) is 0 Å². The molecule has 1 aliphatic rings. The first-order valence-corrected chi connectivity index (χ1v) is 10.1. The van der Waals surface area contributed by atoms with Crippen molar-refractivity contribution in [3.05, 3.63) is 89.8 Å². The van der Waals surface area contributed by atoms with Crippen LogP contribution in [-0.4, -0.2) is 28.5 Å². The van der Waals surface area contributed by atoms with Crippen molar-refractivity contribution in [3.8, 4) is 0 Å². The zero-order valence-electron chi connectivity index (χ0n) is 16.7. The number of rotatable bonds is 5. The van der Waals surface area contributed by atoms with Crippen LogP contribution in [0.4, 0.5) is 20.3 Å². The van der Waals surface area contributed by atoms with Gasteiger partial charge in [0.2, 0.25) is 0 Å². The maximum atomic E-state index is 13.8. The Morgan fingerprint density at radius 2 is 1.84 bits per heavy atom. The molecular weight excluding hydrogens is 398 g/mol. The first kappa shape index (κ1) is 19.2. The number of anilines is 2. The molecule has 2 aromatic heterocycles. The Hall–Kier alpha value is -3.74. The Bertz CT molecular complexity index is 1260. The topological polar surface area (TPSA) is 50.2 Å². The molecule has 5 nitrogen and oxygen atoms in total. The van der Waals surface area contributed by atoms with E-state index in [1.807, 2.05) is 12.1 Å². The molecule has 0 spiro atoms. The molecule has 1 N–H and O–H groups in total. The summed E-state index contributed by atoms with van der Waals surface area (Å²) in [5.41, 5.74) is 2.33. The van der Waals surface area contributed by atoms with Crippen LogP contribution in [0.1, 0.15) is 22.5 Å². The smallest absolute Gasteiger partial charge is 0.272 e. The van der Waals surface area contributed by atoms with E-state index in [0.717, 1.165) is 25.3 Å². The van der Waals surface area contributed by atoms with E-state index in [4.69, 9.17) is 0 Å². The zero-order chi connectivity index (χ0) is 21.4. The summed E-state index contributed by atoms with van der Waals surface area (Å²) in [6, 6.07) is 15.9. The average Bonchev–Trinajstić information content (AvgIpc) is 3.05. The van der Waals surface area contributed by atoms with Gasteiger partial charge in [-0.15, -0.1) is 0 Å². The molecule has 0 bridgehead atoms. The van der Waals surface area contributed by atoms with Gasteiger partial charge in [0.15, 0.2) is 0 Å². The molecule has 2 aromatic carbocycles. The van der Waals surface area contributed by atoms with Crippen molar-refractivity contribution in [2.75, 3.05) is 23.3 Å². The second-order valence-electron chi connectivity index (χ2n) is 7.65. The van der Waals surface area contributed by atoms with Gasteiger partial charge in [0.1, 0.15) is 23.1 Å². The van der Waals surface area contributed by atoms with Gasteiger partial charge in [-0.3, -0.25) is 4.79 Å². The Kier molecular flexibility index (Phi) is 4.86. The Morgan fingerprint density at radius 3 is 2.55 bits per heavy atom. The van der Waals surface area contributed by atoms with Crippen molar-refractivity contribution in [2.24, 2.45) is 0 Å². The number of nitrogens with one attached hydrogen (secondary N) is 1. The Balaban J connectivity index is 1.46. The van der Waals surface area contributed by atoms with Gasteiger partial charge in [-0.2, -0.15) is 0 Å². The fourth-order valence-corrected chi connectivity index (χ4v) is 3.81. The van der Waals surface area contributed by atoms with Crippen molar-refractivity contribution < 1.29 is 13.6 Å². The number of nitrogens with zero attached hydrogens (tertiary/aromatic N) is 3. The average molecular weight is 418 g/mol. The molecule has 7 heteroatoms. The number of pyridine rings is 1. The molecular formula is C24H20F2N4O. The van der Waals surface area contributed by atoms with E-state index >= 15 is 0 Å². The van der Waals surface area contributed by atoms with Crippen LogP contribution in [0.2, 0.25) is 0 Å². The van der Waals surface area contributed by atoms with Gasteiger partial charge in [-0.25, -0.2) is 13.8 Å². The lowest BCUT2D eigenvalue weighted by Crippen LogP contribution is -2.37. The number of fused-ring (bicyclic) bond motifs is 1. The summed E-state index contributed by atoms with van der Waals surface area (Å²) < 4.78 is 29.2. The summed E-state index contributed by atoms with van der Waals surface area (Å²) in [6.07, 6.45) is 2.79. The van der Waals surface area contributed by atoms with Crippen LogP contribution >= 0.6 is 0 Å². The number of amides is 1. The van der Waals surface area contributed by atoms with Crippen molar-refractivity contribution in [2.45, 2.75) is 13.0 Å². The predicted octanol–water partition coefficient (Wildman–Crippen LogP) is 4.83. The zero-order valence-corrected chi connectivity index (χ0v) is 16.7. The third-order valence-corrected chi connectivity index (χ3v) is 5.51. The highest BCUT2D eigenvalue weighted by molar-refractivity contribution is 6.06. The summed E-state index contributed by atoms with van der Waals surface area (Å²) in [5.74, 6) is -0.182. The molecule has 0 unspecified atom stereocenters. The molecule has 0 atom stereocenters. The van der Waals surface area contributed by atoms with Crippen LogP contribution in [0.5, 0.6) is 0 Å². The molecule has 4 aromatic rings. The first-order chi connectivity index (χ1) is 15.1. The number of hydrogen-bond acceptors (Lipinski definition) is 3. The monoisotopic (exact) mass is 418 g/mol. The lowest BCUT2D eigenvalue weighted by atomic mass is 10.2. The Morgan fingerprint density at radius 1 is 1.00 bits per heavy atom. The summed E-state index contributed by atoms with van der Waals surface area (Å²) >= 11 is 0. The minimum absolute atomic E-state index is 0.280. The number of carbonyl (C=O) groups is 1. The SMILES string of the molecule is O=C(Nc1ccc(N2CCC2)nc1)c1cc2cc(F)ccc2n1Cc1cccc(F)c1. The molecule has 1 amide bonds. The van der Waals surface area contributed by atoms with Crippen LogP contribution in [0.3, 0.4) is 0 Å². The molecule has 3 heterocycles. The van der Waals surface area contributed by atoms with Crippen LogP contribution in [0, 0.1) is 11.6 Å². The van der Waals surface area contributed by atoms with Gasteiger partial charge >= 0.3 is 0 Å². The predicted molar refractivity (Wildman–Crippen MR) is 116 cm³/mol. The lowest BCUT2D eigenvalue weighted by molar-refractivity contribution is 0.101. The highest BCUT2D eigenvalue weighted by atomic mass is 19.1. The minimum Gasteiger partial charge on any atom is -0.356 e. The van der Waals surface area contributed by atoms with E-state index in [9.17, 15) is 13.6 Å². The highest BCUT2D eigenvalue weighted by Crippen LogP contribution is 2.24. The van der Waals surface area contributed by atoms with E-state index in [0.29, 0.717) is 27.8 Å². The molecule has 0 aliphatic carbocycles. The van der Waals surface area contributed by atoms with E-state index in [2.05, 4.69) is 15.2 Å². The summed E-state index contributed by atoms with van der Waals surface area (Å²) in [4.78, 5) is 19.7. The van der Waals surface area contributed by atoms with Gasteiger partial charge in [0.25, 0.3) is 5.91 Å². The quantitative estimate of drug-likeness (QED) is 0.505. The van der Waals surface area contributed by atoms with Crippen molar-refractivity contribution in [3.63, 3.8) is 0 Å². The molecule has 5 rings (SSSR count). The second kappa shape index (κ2) is 7.83. The van der Waals surface area contributed by atoms with Gasteiger partial charge in [0, 0.05) is 30.5 Å². The van der Waals surface area contributed by atoms with Crippen molar-refractivity contribution >= 4 is 28.3 Å². The third-order valence-electron chi connectivity index (χ3n) is 5.51. The summed E-state index contributed by atoms with van der Waals surface area (Å²) in [5, 5.41) is 3.47. The molecule has 31 heavy (non-hydrogen) atoms. The molecule has 1 saturated heterocycles. The minimum atomic E-state index is -0.381. The number of benzene rings is 2. The fourth-order valence-electron chi connectivity index (χ4n) is 3.81. The fraction of sp³-hybridized carbons (Fsp3) is 0.167. The van der Waals surface area contributed by atoms with Gasteiger partial charge in [0.05, 0.1) is 11.9 Å². The van der Waals surface area contributed by atoms with Crippen LogP contribution in [-0.2, 0) is 6.54 Å². The van der Waals surface area contributed by atoms with Crippen LogP contribution in [0.25, 0.3) is 10.9 Å². The van der Waals surface area contributed by atoms with Crippen molar-refractivity contribution in [1.82, 2.24) is 9.55 Å². The van der Waals surface area contributed by atoms with E-state index < -0.39 is 0 Å². The third kappa shape index (κ3) is 3.86. The lowest BCUT2D eigenvalue weighted by Gasteiger charge is -2.31. The number of halogens is 2. The molecule has 0 saturated carbocycles. The molecule has 1 aliphatic heterocycles. The first-order valence-electron chi connectivity index (χ1n) is 10.1. The van der Waals surface area contributed by atoms with Crippen LogP contribution < -0.4 is 10.2 Å². The van der Waals surface area contributed by atoms with E-state index in [1.54, 1.807) is 35.0 Å². The highest BCUT2D eigenvalue weighted by Gasteiger charge is 2.18.